The zero-order valence-electron chi connectivity index (χ0n) is 15.2. The molecule has 27 heavy (non-hydrogen) atoms. The van der Waals surface area contributed by atoms with Crippen LogP contribution in [0.25, 0.3) is 0 Å². The van der Waals surface area contributed by atoms with E-state index in [2.05, 4.69) is 30.9 Å². The van der Waals surface area contributed by atoms with Gasteiger partial charge >= 0.3 is 6.09 Å². The number of amides is 3. The summed E-state index contributed by atoms with van der Waals surface area (Å²) in [6.07, 6.45) is -0.574. The SMILES string of the molecule is COC(=O)NCc1ccccc1NC(=O)CC1SC(=NN=C(C)C)NC1=O. The predicted molar refractivity (Wildman–Crippen MR) is 105 cm³/mol. The molecule has 3 amide bonds. The van der Waals surface area contributed by atoms with Gasteiger partial charge in [0.15, 0.2) is 5.17 Å². The number of anilines is 1. The van der Waals surface area contributed by atoms with Crippen molar-refractivity contribution in [1.29, 1.82) is 0 Å². The molecule has 3 N–H and O–H groups in total. The molecule has 144 valence electrons. The molecule has 1 aromatic rings. The second-order valence-electron chi connectivity index (χ2n) is 5.80. The monoisotopic (exact) mass is 391 g/mol. The van der Waals surface area contributed by atoms with Crippen LogP contribution in [0.3, 0.4) is 0 Å². The van der Waals surface area contributed by atoms with Crippen LogP contribution in [0, 0.1) is 0 Å². The van der Waals surface area contributed by atoms with E-state index in [-0.39, 0.29) is 24.8 Å². The van der Waals surface area contributed by atoms with Crippen LogP contribution in [0.4, 0.5) is 10.5 Å². The smallest absolute Gasteiger partial charge is 0.407 e. The van der Waals surface area contributed by atoms with Crippen LogP contribution >= 0.6 is 11.8 Å². The lowest BCUT2D eigenvalue weighted by molar-refractivity contribution is -0.122. The lowest BCUT2D eigenvalue weighted by Gasteiger charge is -2.12. The molecule has 0 radical (unpaired) electrons. The first-order chi connectivity index (χ1) is 12.9. The molecule has 1 unspecified atom stereocenters. The molecule has 1 aliphatic heterocycles. The largest absolute Gasteiger partial charge is 0.453 e. The third-order valence-electron chi connectivity index (χ3n) is 3.39. The Labute approximate surface area is 161 Å². The van der Waals surface area contributed by atoms with Gasteiger partial charge in [-0.15, -0.1) is 5.10 Å². The average Bonchev–Trinajstić information content (AvgIpc) is 2.98. The number of ether oxygens (including phenoxy) is 1. The van der Waals surface area contributed by atoms with E-state index in [1.54, 1.807) is 38.1 Å². The summed E-state index contributed by atoms with van der Waals surface area (Å²) in [5.41, 5.74) is 2.04. The summed E-state index contributed by atoms with van der Waals surface area (Å²) < 4.78 is 4.53. The fourth-order valence-electron chi connectivity index (χ4n) is 2.14. The molecule has 1 fully saturated rings. The number of nitrogens with zero attached hydrogens (tertiary/aromatic N) is 2. The van der Waals surface area contributed by atoms with E-state index >= 15 is 0 Å². The van der Waals surface area contributed by atoms with E-state index in [0.717, 1.165) is 11.3 Å². The number of carbonyl (C=O) groups excluding carboxylic acids is 3. The summed E-state index contributed by atoms with van der Waals surface area (Å²) in [7, 11) is 1.28. The standard InChI is InChI=1S/C17H21N5O4S/c1-10(2)21-22-16-20-15(24)13(27-16)8-14(23)19-12-7-5-4-6-11(12)9-18-17(25)26-3/h4-7,13H,8-9H2,1-3H3,(H,18,25)(H,19,23)(H,20,22,24). The van der Waals surface area contributed by atoms with Crippen molar-refractivity contribution >= 4 is 46.2 Å². The van der Waals surface area contributed by atoms with Crippen molar-refractivity contribution in [2.24, 2.45) is 10.2 Å². The lowest BCUT2D eigenvalue weighted by atomic mass is 10.1. The zero-order chi connectivity index (χ0) is 19.8. The topological polar surface area (TPSA) is 121 Å². The van der Waals surface area contributed by atoms with Crippen LogP contribution in [0.5, 0.6) is 0 Å². The van der Waals surface area contributed by atoms with Crippen LogP contribution in [-0.2, 0) is 20.9 Å². The minimum atomic E-state index is -0.573. The molecular formula is C17H21N5O4S. The maximum atomic E-state index is 12.3. The first-order valence-corrected chi connectivity index (χ1v) is 9.03. The minimum Gasteiger partial charge on any atom is -0.453 e. The molecule has 1 heterocycles. The summed E-state index contributed by atoms with van der Waals surface area (Å²) in [6, 6.07) is 7.06. The number of nitrogens with one attached hydrogen (secondary N) is 3. The van der Waals surface area contributed by atoms with E-state index < -0.39 is 11.3 Å². The fourth-order valence-corrected chi connectivity index (χ4v) is 3.06. The first kappa shape index (κ1) is 20.4. The fraction of sp³-hybridized carbons (Fsp3) is 0.353. The number of rotatable bonds is 6. The van der Waals surface area contributed by atoms with E-state index in [4.69, 9.17) is 0 Å². The quantitative estimate of drug-likeness (QED) is 0.505. The summed E-state index contributed by atoms with van der Waals surface area (Å²) >= 11 is 1.17. The molecular weight excluding hydrogens is 370 g/mol. The molecule has 1 aromatic carbocycles. The molecule has 0 spiro atoms. The number of alkyl carbamates (subject to hydrolysis) is 1. The van der Waals surface area contributed by atoms with Crippen molar-refractivity contribution < 1.29 is 19.1 Å². The maximum absolute atomic E-state index is 12.3. The van der Waals surface area contributed by atoms with E-state index in [1.807, 2.05) is 0 Å². The normalized spacial score (nSPS) is 17.2. The van der Waals surface area contributed by atoms with Gasteiger partial charge in [0.05, 0.1) is 7.11 Å². The average molecular weight is 391 g/mol. The maximum Gasteiger partial charge on any atom is 0.407 e. The second-order valence-corrected chi connectivity index (χ2v) is 6.99. The number of benzene rings is 1. The molecule has 9 nitrogen and oxygen atoms in total. The van der Waals surface area contributed by atoms with Crippen molar-refractivity contribution in [3.8, 4) is 0 Å². The van der Waals surface area contributed by atoms with Gasteiger partial charge in [-0.2, -0.15) is 5.10 Å². The number of hydrogen-bond donors (Lipinski definition) is 3. The number of hydrogen-bond acceptors (Lipinski definition) is 7. The third-order valence-corrected chi connectivity index (χ3v) is 4.46. The number of methoxy groups -OCH3 is 1. The van der Waals surface area contributed by atoms with E-state index in [1.165, 1.54) is 18.9 Å². The van der Waals surface area contributed by atoms with Crippen molar-refractivity contribution in [2.75, 3.05) is 12.4 Å². The number of thioether (sulfide) groups is 1. The third kappa shape index (κ3) is 6.41. The highest BCUT2D eigenvalue weighted by Gasteiger charge is 2.32. The van der Waals surface area contributed by atoms with Crippen LogP contribution in [-0.4, -0.2) is 41.1 Å². The van der Waals surface area contributed by atoms with Gasteiger partial charge in [-0.1, -0.05) is 30.0 Å². The van der Waals surface area contributed by atoms with Crippen molar-refractivity contribution in [3.05, 3.63) is 29.8 Å². The first-order valence-electron chi connectivity index (χ1n) is 8.15. The van der Waals surface area contributed by atoms with E-state index in [0.29, 0.717) is 10.9 Å². The number of para-hydroxylation sites is 1. The molecule has 0 aliphatic carbocycles. The zero-order valence-corrected chi connectivity index (χ0v) is 16.1. The minimum absolute atomic E-state index is 0.0108. The summed E-state index contributed by atoms with van der Waals surface area (Å²) in [5.74, 6) is -0.594. The molecule has 0 saturated carbocycles. The number of amidine groups is 1. The molecule has 1 aliphatic rings. The Morgan fingerprint density at radius 1 is 1.30 bits per heavy atom. The summed E-state index contributed by atoms with van der Waals surface area (Å²) in [5, 5.41) is 15.6. The van der Waals surface area contributed by atoms with Gasteiger partial charge in [-0.3, -0.25) is 9.59 Å². The number of carbonyl (C=O) groups is 3. The van der Waals surface area contributed by atoms with Gasteiger partial charge in [0.1, 0.15) is 5.25 Å². The van der Waals surface area contributed by atoms with Crippen molar-refractivity contribution in [1.82, 2.24) is 10.6 Å². The highest BCUT2D eigenvalue weighted by atomic mass is 32.2. The van der Waals surface area contributed by atoms with Crippen LogP contribution < -0.4 is 16.0 Å². The highest BCUT2D eigenvalue weighted by Crippen LogP contribution is 2.23. The highest BCUT2D eigenvalue weighted by molar-refractivity contribution is 8.15. The Bertz CT molecular complexity index is 789. The van der Waals surface area contributed by atoms with Crippen molar-refractivity contribution in [2.45, 2.75) is 32.1 Å². The van der Waals surface area contributed by atoms with Gasteiger partial charge in [0.2, 0.25) is 11.8 Å². The van der Waals surface area contributed by atoms with Crippen molar-refractivity contribution in [3.63, 3.8) is 0 Å². The molecule has 0 bridgehead atoms. The van der Waals surface area contributed by atoms with E-state index in [9.17, 15) is 14.4 Å². The Balaban J connectivity index is 1.96. The molecule has 0 aromatic heterocycles. The summed E-state index contributed by atoms with van der Waals surface area (Å²) in [6.45, 7) is 3.79. The second kappa shape index (κ2) is 9.72. The Morgan fingerprint density at radius 3 is 2.74 bits per heavy atom. The Kier molecular flexibility index (Phi) is 7.35. The molecule has 2 rings (SSSR count). The Hall–Kier alpha value is -2.88. The molecule has 1 saturated heterocycles. The van der Waals surface area contributed by atoms with Crippen LogP contribution in [0.2, 0.25) is 0 Å². The summed E-state index contributed by atoms with van der Waals surface area (Å²) in [4.78, 5) is 35.6. The molecule has 10 heteroatoms. The molecule has 1 atom stereocenters. The van der Waals surface area contributed by atoms with Gasteiger partial charge in [-0.25, -0.2) is 4.79 Å². The van der Waals surface area contributed by atoms with Gasteiger partial charge < -0.3 is 20.7 Å². The van der Waals surface area contributed by atoms with Crippen LogP contribution in [0.15, 0.2) is 34.5 Å². The lowest BCUT2D eigenvalue weighted by Crippen LogP contribution is -2.28. The van der Waals surface area contributed by atoms with Gasteiger partial charge in [0, 0.05) is 24.4 Å². The van der Waals surface area contributed by atoms with Gasteiger partial charge in [-0.05, 0) is 25.5 Å². The Morgan fingerprint density at radius 2 is 2.04 bits per heavy atom. The van der Waals surface area contributed by atoms with Gasteiger partial charge in [0.25, 0.3) is 0 Å². The van der Waals surface area contributed by atoms with Crippen LogP contribution in [0.1, 0.15) is 25.8 Å². The predicted octanol–water partition coefficient (Wildman–Crippen LogP) is 1.85.